The quantitative estimate of drug-likeness (QED) is 0.0558. The molecule has 1 aliphatic heterocycles. The second-order valence-electron chi connectivity index (χ2n) is 17.4. The van der Waals surface area contributed by atoms with E-state index in [2.05, 4.69) is 16.0 Å². The lowest BCUT2D eigenvalue weighted by atomic mass is 10.0. The molecule has 4 N–H and O–H groups in total. The lowest BCUT2D eigenvalue weighted by molar-refractivity contribution is -0.139. The predicted octanol–water partition coefficient (Wildman–Crippen LogP) is 9.52. The van der Waals surface area contributed by atoms with Gasteiger partial charge in [-0.25, -0.2) is 45.5 Å². The van der Waals surface area contributed by atoms with Gasteiger partial charge in [-0.05, 0) is 122 Å². The number of aliphatic carboxylic acids is 1. The Hall–Kier alpha value is -5.56. The Morgan fingerprint density at radius 1 is 0.576 bits per heavy atom. The van der Waals surface area contributed by atoms with Crippen molar-refractivity contribution in [1.29, 1.82) is 0 Å². The van der Waals surface area contributed by atoms with Gasteiger partial charge < -0.3 is 40.0 Å². The molecule has 0 aromatic heterocycles. The van der Waals surface area contributed by atoms with Gasteiger partial charge in [0.15, 0.2) is 5.78 Å². The average molecular weight is 964 g/mol. The van der Waals surface area contributed by atoms with Gasteiger partial charge in [0.2, 0.25) is 0 Å². The van der Waals surface area contributed by atoms with Gasteiger partial charge in [0.1, 0.15) is 63.9 Å². The summed E-state index contributed by atoms with van der Waals surface area (Å²) in [5, 5.41) is 16.3. The van der Waals surface area contributed by atoms with Crippen LogP contribution in [-0.4, -0.2) is 88.7 Å². The Morgan fingerprint density at radius 2 is 0.864 bits per heavy atom. The van der Waals surface area contributed by atoms with E-state index in [0.29, 0.717) is 18.2 Å². The van der Waals surface area contributed by atoms with Crippen LogP contribution in [-0.2, 0) is 47.8 Å². The molecule has 0 bridgehead atoms. The highest BCUT2D eigenvalue weighted by atomic mass is 35.5. The van der Waals surface area contributed by atoms with Gasteiger partial charge >= 0.3 is 24.2 Å². The number of alkyl halides is 1. The van der Waals surface area contributed by atoms with Crippen LogP contribution >= 0.6 is 11.6 Å². The van der Waals surface area contributed by atoms with Crippen molar-refractivity contribution in [2.75, 3.05) is 12.5 Å². The summed E-state index contributed by atoms with van der Waals surface area (Å²) >= 11 is 5.50. The van der Waals surface area contributed by atoms with E-state index < -0.39 is 93.8 Å². The van der Waals surface area contributed by atoms with E-state index in [1.807, 2.05) is 13.8 Å². The van der Waals surface area contributed by atoms with Gasteiger partial charge in [-0.3, -0.25) is 4.79 Å². The first-order chi connectivity index (χ1) is 30.4. The van der Waals surface area contributed by atoms with Gasteiger partial charge in [-0.1, -0.05) is 13.8 Å². The first-order valence-electron chi connectivity index (χ1n) is 20.7. The Bertz CT molecular complexity index is 2030. The van der Waals surface area contributed by atoms with Crippen molar-refractivity contribution in [3.05, 3.63) is 106 Å². The van der Waals surface area contributed by atoms with Crippen LogP contribution in [0.15, 0.2) is 54.6 Å². The third kappa shape index (κ3) is 25.8. The summed E-state index contributed by atoms with van der Waals surface area (Å²) in [5.41, 5.74) is -1.30. The number of carboxylic acid groups (broad SMARTS) is 1. The van der Waals surface area contributed by atoms with E-state index in [1.165, 1.54) is 12.1 Å². The Balaban J connectivity index is 0.000000485. The van der Waals surface area contributed by atoms with Crippen LogP contribution in [0.25, 0.3) is 0 Å². The smallest absolute Gasteiger partial charge is 0.408 e. The van der Waals surface area contributed by atoms with Crippen LogP contribution in [0.3, 0.4) is 0 Å². The number of epoxide rings is 1. The highest BCUT2D eigenvalue weighted by Crippen LogP contribution is 2.21. The third-order valence-electron chi connectivity index (χ3n) is 7.81. The van der Waals surface area contributed by atoms with E-state index in [1.54, 1.807) is 62.3 Å². The number of hydrogen-bond acceptors (Lipinski definition) is 9. The van der Waals surface area contributed by atoms with Crippen molar-refractivity contribution in [3.8, 4) is 0 Å². The maximum absolute atomic E-state index is 13.2. The summed E-state index contributed by atoms with van der Waals surface area (Å²) < 4.78 is 99.2. The van der Waals surface area contributed by atoms with Crippen molar-refractivity contribution in [1.82, 2.24) is 16.0 Å². The number of carboxylic acids is 1. The topological polar surface area (TPSA) is 182 Å². The van der Waals surface area contributed by atoms with Crippen LogP contribution in [0.2, 0.25) is 0 Å². The fourth-order valence-corrected chi connectivity index (χ4v) is 5.56. The van der Waals surface area contributed by atoms with Crippen molar-refractivity contribution in [2.24, 2.45) is 0 Å². The van der Waals surface area contributed by atoms with Crippen LogP contribution in [0, 0.1) is 34.9 Å². The molecule has 1 saturated heterocycles. The molecule has 1 heterocycles. The van der Waals surface area contributed by atoms with E-state index in [4.69, 9.17) is 35.7 Å². The molecule has 0 unspecified atom stereocenters. The van der Waals surface area contributed by atoms with E-state index in [-0.39, 0.29) is 48.4 Å². The molecule has 4 rings (SSSR count). The van der Waals surface area contributed by atoms with Gasteiger partial charge in [0.05, 0.1) is 24.6 Å². The van der Waals surface area contributed by atoms with E-state index in [0.717, 1.165) is 36.4 Å². The number of carbonyl (C=O) groups is 5. The molecule has 368 valence electrons. The summed E-state index contributed by atoms with van der Waals surface area (Å²) in [6.45, 7) is 19.7. The third-order valence-corrected chi connectivity index (χ3v) is 8.08. The molecule has 1 aliphatic rings. The molecule has 4 atom stereocenters. The zero-order valence-corrected chi connectivity index (χ0v) is 39.6. The summed E-state index contributed by atoms with van der Waals surface area (Å²) in [6.07, 6.45) is -2.50. The summed E-state index contributed by atoms with van der Waals surface area (Å²) in [6, 6.07) is 6.17. The lowest BCUT2D eigenvalue weighted by Crippen LogP contribution is -2.45. The van der Waals surface area contributed by atoms with Crippen molar-refractivity contribution in [2.45, 2.75) is 136 Å². The minimum absolute atomic E-state index is 0.0839. The number of carbonyl (C=O) groups excluding carboxylic acids is 4. The Morgan fingerprint density at radius 3 is 1.15 bits per heavy atom. The number of ketones is 1. The number of benzene rings is 3. The monoisotopic (exact) mass is 963 g/mol. The number of amides is 3. The predicted molar refractivity (Wildman–Crippen MR) is 234 cm³/mol. The molecule has 0 spiro atoms. The van der Waals surface area contributed by atoms with Crippen LogP contribution in [0.5, 0.6) is 0 Å². The number of halogens is 7. The number of nitrogens with one attached hydrogen (secondary N) is 3. The second-order valence-corrected chi connectivity index (χ2v) is 17.7. The Kier molecular flexibility index (Phi) is 23.5. The van der Waals surface area contributed by atoms with Crippen molar-refractivity contribution < 1.29 is 74.4 Å². The highest BCUT2D eigenvalue weighted by Gasteiger charge is 2.35. The number of Topliss-reactive ketones (excluding diaryl/α,β-unsaturated/α-hetero) is 1. The fourth-order valence-electron chi connectivity index (χ4n) is 5.37. The second kappa shape index (κ2) is 26.6. The first-order valence-corrected chi connectivity index (χ1v) is 21.2. The highest BCUT2D eigenvalue weighted by molar-refractivity contribution is 6.28. The molecule has 66 heavy (non-hydrogen) atoms. The number of hydrogen-bond donors (Lipinski definition) is 4. The van der Waals surface area contributed by atoms with E-state index in [9.17, 15) is 50.3 Å². The molecule has 3 aromatic rings. The molecule has 0 saturated carbocycles. The van der Waals surface area contributed by atoms with Gasteiger partial charge in [-0.2, -0.15) is 0 Å². The van der Waals surface area contributed by atoms with Crippen LogP contribution in [0.1, 0.15) is 92.9 Å². The molecular formula is C46H60ClF6N3O10. The summed E-state index contributed by atoms with van der Waals surface area (Å²) in [4.78, 5) is 58.0. The first kappa shape index (κ1) is 58.5. The van der Waals surface area contributed by atoms with Crippen LogP contribution < -0.4 is 16.0 Å². The summed E-state index contributed by atoms with van der Waals surface area (Å²) in [5.74, 6) is -6.57. The average Bonchev–Trinajstić information content (AvgIpc) is 3.98. The van der Waals surface area contributed by atoms with E-state index >= 15 is 0 Å². The molecular weight excluding hydrogens is 904 g/mol. The Labute approximate surface area is 386 Å². The molecule has 1 fully saturated rings. The SMILES string of the molecule is CC.CC(C)(C)OC(=O)N[C@@H](Cc1cc(F)cc(F)c1)C(=O)CCl.CC(C)(C)OC(=O)N[C@@H](Cc1cc(F)cc(F)c1)C(=O)O.CC(C)(C)OC(=O)N[C@@H](Cc1cc(F)cc(F)c1)[C@H]1CO1. The minimum atomic E-state index is -1.35. The summed E-state index contributed by atoms with van der Waals surface area (Å²) in [7, 11) is 0. The number of ether oxygens (including phenoxy) is 4. The molecule has 3 amide bonds. The van der Waals surface area contributed by atoms with Crippen molar-refractivity contribution in [3.63, 3.8) is 0 Å². The fraction of sp³-hybridized carbons (Fsp3) is 0.500. The zero-order chi connectivity index (χ0) is 50.7. The van der Waals surface area contributed by atoms with Gasteiger partial charge in [-0.15, -0.1) is 11.6 Å². The molecule has 13 nitrogen and oxygen atoms in total. The lowest BCUT2D eigenvalue weighted by Gasteiger charge is -2.23. The number of alkyl carbamates (subject to hydrolysis) is 3. The molecule has 3 aromatic carbocycles. The minimum Gasteiger partial charge on any atom is -0.480 e. The van der Waals surface area contributed by atoms with Gasteiger partial charge in [0.25, 0.3) is 0 Å². The molecule has 0 aliphatic carbocycles. The molecule has 0 radical (unpaired) electrons. The standard InChI is InChI=1S/C15H18ClF2NO3.C15H19F2NO3.C14H17F2NO4.C2H6/c1-15(2,3)22-14(21)19-12(13(20)8-16)6-9-4-10(17)7-11(18)5-9;1-15(2,3)21-14(19)18-12(13-8-20-13)6-9-4-10(16)7-11(17)5-9;1-14(2,3)21-13(20)17-11(12(18)19)6-8-4-9(15)7-10(16)5-8;1-2/h4-5,7,12H,6,8H2,1-3H3,(H,19,21);4-5,7,12-13H,6,8H2,1-3H3,(H,18,19);4-5,7,11H,6H2,1-3H3,(H,17,20)(H,18,19);1-2H3/t12-;12-,13+;11-;/m000./s1. The molecule has 20 heteroatoms. The van der Waals surface area contributed by atoms with Crippen molar-refractivity contribution >= 4 is 41.6 Å². The number of rotatable bonds is 13. The van der Waals surface area contributed by atoms with Crippen LogP contribution in [0.4, 0.5) is 40.7 Å². The largest absolute Gasteiger partial charge is 0.480 e. The normalized spacial score (nSPS) is 14.4. The maximum atomic E-state index is 13.2. The zero-order valence-electron chi connectivity index (χ0n) is 38.8. The maximum Gasteiger partial charge on any atom is 0.408 e. The van der Waals surface area contributed by atoms with Gasteiger partial charge in [0, 0.05) is 31.0 Å².